The second-order valence-corrected chi connectivity index (χ2v) is 10.5. The Bertz CT molecular complexity index is 1340. The molecule has 2 aliphatic heterocycles. The highest BCUT2D eigenvalue weighted by Gasteiger charge is 2.40. The molecule has 0 radical (unpaired) electrons. The number of hydrogen-bond donors (Lipinski definition) is 1. The molecule has 2 aliphatic rings. The van der Waals surface area contributed by atoms with Crippen LogP contribution < -0.4 is 14.9 Å². The third-order valence-corrected chi connectivity index (χ3v) is 7.47. The number of nitrogens with zero attached hydrogens (tertiary/aromatic N) is 3. The van der Waals surface area contributed by atoms with Crippen molar-refractivity contribution in [3.63, 3.8) is 0 Å². The van der Waals surface area contributed by atoms with Crippen LogP contribution in [0.3, 0.4) is 0 Å². The van der Waals surface area contributed by atoms with E-state index in [1.54, 1.807) is 4.90 Å². The van der Waals surface area contributed by atoms with Crippen molar-refractivity contribution in [2.75, 3.05) is 22.9 Å². The Balaban J connectivity index is 1.29. The molecule has 0 bridgehead atoms. The van der Waals surface area contributed by atoms with Crippen molar-refractivity contribution in [2.45, 2.75) is 24.4 Å². The molecule has 3 aromatic rings. The Morgan fingerprint density at radius 3 is 2.48 bits per heavy atom. The van der Waals surface area contributed by atoms with Crippen LogP contribution in [0.1, 0.15) is 12.5 Å². The maximum absolute atomic E-state index is 13.3. The molecule has 5 rings (SSSR count). The first-order valence-electron chi connectivity index (χ1n) is 10.7. The summed E-state index contributed by atoms with van der Waals surface area (Å²) < 4.78 is 23.4. The van der Waals surface area contributed by atoms with Crippen LogP contribution in [0, 0.1) is 5.92 Å². The highest BCUT2D eigenvalue weighted by atomic mass is 35.5. The molecular weight excluding hydrogens is 460 g/mol. The van der Waals surface area contributed by atoms with E-state index in [1.807, 2.05) is 55.5 Å². The van der Waals surface area contributed by atoms with E-state index in [2.05, 4.69) is 9.88 Å². The number of carbonyl (C=O) groups is 1. The number of carbonyl (C=O) groups excluding carboxylic acids is 1. The van der Waals surface area contributed by atoms with Crippen LogP contribution in [0.15, 0.2) is 65.8 Å². The molecule has 2 aromatic carbocycles. The maximum Gasteiger partial charge on any atom is 0.255 e. The summed E-state index contributed by atoms with van der Waals surface area (Å²) in [4.78, 5) is 21.1. The van der Waals surface area contributed by atoms with Gasteiger partial charge in [-0.3, -0.25) is 4.79 Å². The first-order valence-corrected chi connectivity index (χ1v) is 12.6. The van der Waals surface area contributed by atoms with Gasteiger partial charge in [0, 0.05) is 47.7 Å². The van der Waals surface area contributed by atoms with E-state index < -0.39 is 10.0 Å². The van der Waals surface area contributed by atoms with E-state index in [0.717, 1.165) is 22.4 Å². The maximum atomic E-state index is 13.3. The first-order chi connectivity index (χ1) is 15.7. The van der Waals surface area contributed by atoms with Crippen LogP contribution in [0.5, 0.6) is 0 Å². The zero-order valence-electron chi connectivity index (χ0n) is 18.0. The van der Waals surface area contributed by atoms with E-state index in [-0.39, 0.29) is 22.9 Å². The van der Waals surface area contributed by atoms with Crippen LogP contribution in [0.25, 0.3) is 11.1 Å². The van der Waals surface area contributed by atoms with Gasteiger partial charge >= 0.3 is 0 Å². The van der Waals surface area contributed by atoms with Gasteiger partial charge in [-0.25, -0.2) is 18.5 Å². The minimum Gasteiger partial charge on any atom is -0.370 e. The molecule has 1 unspecified atom stereocenters. The molecule has 0 saturated carbocycles. The molecular formula is C24H23ClN4O3S. The third kappa shape index (κ3) is 3.99. The highest BCUT2D eigenvalue weighted by Crippen LogP contribution is 2.37. The standard InChI is InChI=1S/C24H23ClN4O3S/c1-15-10-17-12-27-23(33(26,31)32)11-22(17)29(15)24(30)18-13-28(14-18)19-8-6-16(7-9-19)20-4-2-3-5-21(20)25/h2-9,11-12,15,18H,10,13-14H2,1H3,(H2,26,31,32). The number of aromatic nitrogens is 1. The Hall–Kier alpha value is -2.94. The number of fused-ring (bicyclic) bond motifs is 1. The lowest BCUT2D eigenvalue weighted by molar-refractivity contribution is -0.123. The predicted molar refractivity (Wildman–Crippen MR) is 129 cm³/mol. The summed E-state index contributed by atoms with van der Waals surface area (Å²) in [6, 6.07) is 17.2. The van der Waals surface area contributed by atoms with Crippen LogP contribution in [0.4, 0.5) is 11.4 Å². The molecule has 170 valence electrons. The molecule has 7 nitrogen and oxygen atoms in total. The Morgan fingerprint density at radius 1 is 1.12 bits per heavy atom. The molecule has 2 N–H and O–H groups in total. The van der Waals surface area contributed by atoms with E-state index in [9.17, 15) is 13.2 Å². The summed E-state index contributed by atoms with van der Waals surface area (Å²) in [6.45, 7) is 3.17. The predicted octanol–water partition coefficient (Wildman–Crippen LogP) is 3.46. The molecule has 1 saturated heterocycles. The van der Waals surface area contributed by atoms with Crippen molar-refractivity contribution in [1.82, 2.24) is 4.98 Å². The van der Waals surface area contributed by atoms with Crippen molar-refractivity contribution in [2.24, 2.45) is 11.1 Å². The zero-order chi connectivity index (χ0) is 23.3. The zero-order valence-corrected chi connectivity index (χ0v) is 19.6. The number of anilines is 2. The number of benzene rings is 2. The van der Waals surface area contributed by atoms with E-state index >= 15 is 0 Å². The Labute approximate surface area is 197 Å². The van der Waals surface area contributed by atoms with Gasteiger partial charge in [-0.05, 0) is 42.7 Å². The van der Waals surface area contributed by atoms with E-state index in [4.69, 9.17) is 16.7 Å². The van der Waals surface area contributed by atoms with E-state index in [1.165, 1.54) is 12.3 Å². The van der Waals surface area contributed by atoms with E-state index in [0.29, 0.717) is 30.2 Å². The molecule has 3 heterocycles. The number of halogens is 1. The van der Waals surface area contributed by atoms with Gasteiger partial charge in [0.2, 0.25) is 5.91 Å². The van der Waals surface area contributed by atoms with Gasteiger partial charge in [-0.1, -0.05) is 41.9 Å². The largest absolute Gasteiger partial charge is 0.370 e. The molecule has 1 atom stereocenters. The number of sulfonamides is 1. The van der Waals surface area contributed by atoms with Gasteiger partial charge < -0.3 is 9.80 Å². The highest BCUT2D eigenvalue weighted by molar-refractivity contribution is 7.89. The molecule has 9 heteroatoms. The molecule has 33 heavy (non-hydrogen) atoms. The fraction of sp³-hybridized carbons (Fsp3) is 0.250. The van der Waals surface area contributed by atoms with Gasteiger partial charge in [0.1, 0.15) is 0 Å². The summed E-state index contributed by atoms with van der Waals surface area (Å²) in [7, 11) is -3.94. The van der Waals surface area contributed by atoms with Gasteiger partial charge in [-0.2, -0.15) is 0 Å². The fourth-order valence-electron chi connectivity index (χ4n) is 4.56. The average molecular weight is 483 g/mol. The number of primary sulfonamides is 1. The first kappa shape index (κ1) is 21.9. The minimum atomic E-state index is -3.94. The van der Waals surface area contributed by atoms with Crippen LogP contribution in [-0.4, -0.2) is 38.4 Å². The lowest BCUT2D eigenvalue weighted by Gasteiger charge is -2.42. The number of amides is 1. The van der Waals surface area contributed by atoms with Crippen molar-refractivity contribution >= 4 is 38.9 Å². The SMILES string of the molecule is CC1Cc2cnc(S(N)(=O)=O)cc2N1C(=O)C1CN(c2ccc(-c3ccccc3Cl)cc2)C1. The second-order valence-electron chi connectivity index (χ2n) is 8.59. The quantitative estimate of drug-likeness (QED) is 0.614. The fourth-order valence-corrected chi connectivity index (χ4v) is 5.28. The van der Waals surface area contributed by atoms with Gasteiger partial charge in [0.25, 0.3) is 10.0 Å². The smallest absolute Gasteiger partial charge is 0.255 e. The van der Waals surface area contributed by atoms with Gasteiger partial charge in [0.05, 0.1) is 11.6 Å². The lowest BCUT2D eigenvalue weighted by atomic mass is 9.96. The van der Waals surface area contributed by atoms with Gasteiger partial charge in [-0.15, -0.1) is 0 Å². The van der Waals surface area contributed by atoms with Crippen LogP contribution in [0.2, 0.25) is 5.02 Å². The minimum absolute atomic E-state index is 0.00300. The summed E-state index contributed by atoms with van der Waals surface area (Å²) >= 11 is 6.30. The molecule has 0 aliphatic carbocycles. The number of nitrogens with two attached hydrogens (primary N) is 1. The summed E-state index contributed by atoms with van der Waals surface area (Å²) in [5.41, 5.74) is 4.52. The molecule has 1 aromatic heterocycles. The van der Waals surface area contributed by atoms with Crippen molar-refractivity contribution < 1.29 is 13.2 Å². The second kappa shape index (κ2) is 8.13. The van der Waals surface area contributed by atoms with Crippen LogP contribution >= 0.6 is 11.6 Å². The van der Waals surface area contributed by atoms with Crippen molar-refractivity contribution in [1.29, 1.82) is 0 Å². The molecule has 1 amide bonds. The lowest BCUT2D eigenvalue weighted by Crippen LogP contribution is -2.55. The van der Waals surface area contributed by atoms with Gasteiger partial charge in [0.15, 0.2) is 5.03 Å². The topological polar surface area (TPSA) is 96.6 Å². The number of pyridine rings is 1. The van der Waals surface area contributed by atoms with Crippen molar-refractivity contribution in [3.05, 3.63) is 71.4 Å². The third-order valence-electron chi connectivity index (χ3n) is 6.33. The van der Waals surface area contributed by atoms with Crippen molar-refractivity contribution in [3.8, 4) is 11.1 Å². The number of rotatable bonds is 4. The Morgan fingerprint density at radius 2 is 1.82 bits per heavy atom. The summed E-state index contributed by atoms with van der Waals surface area (Å²) in [5.74, 6) is -0.162. The monoisotopic (exact) mass is 482 g/mol. The molecule has 1 fully saturated rings. The average Bonchev–Trinajstić information content (AvgIpc) is 3.08. The molecule has 0 spiro atoms. The summed E-state index contributed by atoms with van der Waals surface area (Å²) in [6.07, 6.45) is 2.14. The normalized spacial score (nSPS) is 18.2. The summed E-state index contributed by atoms with van der Waals surface area (Å²) in [5, 5.41) is 5.72. The Kier molecular flexibility index (Phi) is 5.39. The number of hydrogen-bond acceptors (Lipinski definition) is 5. The van der Waals surface area contributed by atoms with Crippen LogP contribution in [-0.2, 0) is 21.2 Å².